The van der Waals surface area contributed by atoms with E-state index in [2.05, 4.69) is 24.0 Å². The van der Waals surface area contributed by atoms with Gasteiger partial charge in [-0.15, -0.1) is 10.2 Å². The molecule has 0 amide bonds. The summed E-state index contributed by atoms with van der Waals surface area (Å²) in [6, 6.07) is 0. The van der Waals surface area contributed by atoms with Crippen molar-refractivity contribution in [2.75, 3.05) is 0 Å². The molecule has 0 atom stereocenters. The van der Waals surface area contributed by atoms with E-state index in [1.165, 1.54) is 0 Å². The zero-order chi connectivity index (χ0) is 15.6. The second-order valence-corrected chi connectivity index (χ2v) is 8.52. The molecule has 0 fully saturated rings. The van der Waals surface area contributed by atoms with Crippen molar-refractivity contribution in [3.63, 3.8) is 0 Å². The molecule has 20 heavy (non-hydrogen) atoms. The van der Waals surface area contributed by atoms with Crippen LogP contribution >= 0.6 is 10.7 Å². The minimum absolute atomic E-state index is 0.154. The van der Waals surface area contributed by atoms with Gasteiger partial charge in [0.25, 0.3) is 14.2 Å². The third-order valence-corrected chi connectivity index (χ3v) is 4.30. The highest BCUT2D eigenvalue weighted by atomic mass is 35.7. The Balaban J connectivity index is 3.44. The lowest BCUT2D eigenvalue weighted by Gasteiger charge is -2.27. The lowest BCUT2D eigenvalue weighted by atomic mass is 9.96. The smallest absolute Gasteiger partial charge is 0.295 e. The highest BCUT2D eigenvalue weighted by molar-refractivity contribution is 8.13. The summed E-state index contributed by atoms with van der Waals surface area (Å²) < 4.78 is 25.1. The lowest BCUT2D eigenvalue weighted by Crippen LogP contribution is -2.28. The van der Waals surface area contributed by atoms with E-state index in [1.54, 1.807) is 4.57 Å². The molecule has 0 bridgehead atoms. The van der Waals surface area contributed by atoms with Gasteiger partial charge in [-0.3, -0.25) is 4.57 Å². The van der Waals surface area contributed by atoms with Crippen molar-refractivity contribution in [3.05, 3.63) is 5.82 Å². The molecule has 0 aliphatic rings. The van der Waals surface area contributed by atoms with Gasteiger partial charge in [-0.25, -0.2) is 8.42 Å². The van der Waals surface area contributed by atoms with Gasteiger partial charge in [0, 0.05) is 22.1 Å². The fraction of sp³-hybridized carbons (Fsp3) is 0.846. The number of hydrogen-bond donors (Lipinski definition) is 0. The zero-order valence-electron chi connectivity index (χ0n) is 12.9. The van der Waals surface area contributed by atoms with Crippen LogP contribution in [0.1, 0.15) is 72.0 Å². The van der Waals surface area contributed by atoms with E-state index < -0.39 is 14.6 Å². The van der Waals surface area contributed by atoms with Crippen LogP contribution in [0, 0.1) is 0 Å². The SMILES string of the molecule is CCCC(CCC)c1nnc(S(=O)(=O)Cl)n1C(C)(C)C. The molecule has 0 N–H and O–H groups in total. The summed E-state index contributed by atoms with van der Waals surface area (Å²) in [7, 11) is 1.59. The topological polar surface area (TPSA) is 64.8 Å². The molecule has 0 unspecified atom stereocenters. The number of rotatable bonds is 6. The van der Waals surface area contributed by atoms with Crippen LogP contribution in [-0.2, 0) is 14.6 Å². The van der Waals surface area contributed by atoms with Crippen LogP contribution < -0.4 is 0 Å². The maximum atomic E-state index is 11.7. The van der Waals surface area contributed by atoms with Crippen molar-refractivity contribution < 1.29 is 8.42 Å². The van der Waals surface area contributed by atoms with Gasteiger partial charge in [0.1, 0.15) is 5.82 Å². The molecule has 1 rings (SSSR count). The summed E-state index contributed by atoms with van der Waals surface area (Å²) >= 11 is 0. The monoisotopic (exact) mass is 321 g/mol. The van der Waals surface area contributed by atoms with Crippen LogP contribution in [0.2, 0.25) is 0 Å². The normalized spacial score (nSPS) is 13.2. The Kier molecular flexibility index (Phi) is 5.61. The van der Waals surface area contributed by atoms with Gasteiger partial charge in [0.15, 0.2) is 0 Å². The van der Waals surface area contributed by atoms with Crippen molar-refractivity contribution >= 4 is 19.7 Å². The maximum absolute atomic E-state index is 11.7. The van der Waals surface area contributed by atoms with E-state index in [1.807, 2.05) is 20.8 Å². The quantitative estimate of drug-likeness (QED) is 0.750. The third kappa shape index (κ3) is 3.95. The second kappa shape index (κ2) is 6.43. The first-order valence-electron chi connectivity index (χ1n) is 7.03. The Bertz CT molecular complexity index is 540. The number of hydrogen-bond acceptors (Lipinski definition) is 4. The summed E-state index contributed by atoms with van der Waals surface area (Å²) in [5, 5.41) is 7.81. The van der Waals surface area contributed by atoms with E-state index in [0.29, 0.717) is 0 Å². The predicted molar refractivity (Wildman–Crippen MR) is 80.6 cm³/mol. The first-order valence-corrected chi connectivity index (χ1v) is 9.34. The first-order chi connectivity index (χ1) is 9.12. The van der Waals surface area contributed by atoms with Crippen LogP contribution in [0.25, 0.3) is 0 Å². The lowest BCUT2D eigenvalue weighted by molar-refractivity contribution is 0.335. The fourth-order valence-corrected chi connectivity index (χ4v) is 3.46. The van der Waals surface area contributed by atoms with Gasteiger partial charge in [0.2, 0.25) is 0 Å². The van der Waals surface area contributed by atoms with Crippen molar-refractivity contribution in [1.29, 1.82) is 0 Å². The second-order valence-electron chi connectivity index (χ2n) is 6.06. The van der Waals surface area contributed by atoms with Crippen molar-refractivity contribution in [2.24, 2.45) is 0 Å². The minimum Gasteiger partial charge on any atom is -0.295 e. The fourth-order valence-electron chi connectivity index (χ4n) is 2.43. The summed E-state index contributed by atoms with van der Waals surface area (Å²) in [5.41, 5.74) is -0.435. The van der Waals surface area contributed by atoms with Crippen molar-refractivity contribution in [1.82, 2.24) is 14.8 Å². The summed E-state index contributed by atoms with van der Waals surface area (Å²) in [6.45, 7) is 10.0. The first kappa shape index (κ1) is 17.4. The molecule has 1 aromatic heterocycles. The third-order valence-electron chi connectivity index (χ3n) is 3.19. The van der Waals surface area contributed by atoms with E-state index in [-0.39, 0.29) is 11.1 Å². The number of aromatic nitrogens is 3. The Morgan fingerprint density at radius 3 is 2.00 bits per heavy atom. The number of nitrogens with zero attached hydrogens (tertiary/aromatic N) is 3. The van der Waals surface area contributed by atoms with Crippen LogP contribution in [0.15, 0.2) is 5.16 Å². The van der Waals surface area contributed by atoms with Crippen LogP contribution in [0.4, 0.5) is 0 Å². The highest BCUT2D eigenvalue weighted by Gasteiger charge is 2.32. The van der Waals surface area contributed by atoms with E-state index in [4.69, 9.17) is 10.7 Å². The van der Waals surface area contributed by atoms with E-state index >= 15 is 0 Å². The molecule has 0 spiro atoms. The predicted octanol–water partition coefficient (Wildman–Crippen LogP) is 3.64. The summed E-state index contributed by atoms with van der Waals surface area (Å²) in [6.07, 6.45) is 3.96. The van der Waals surface area contributed by atoms with Gasteiger partial charge < -0.3 is 0 Å². The maximum Gasteiger partial charge on any atom is 0.296 e. The van der Waals surface area contributed by atoms with Gasteiger partial charge in [-0.1, -0.05) is 26.7 Å². The van der Waals surface area contributed by atoms with E-state index in [0.717, 1.165) is 31.5 Å². The summed E-state index contributed by atoms with van der Waals surface area (Å²) in [4.78, 5) is 0. The molecular formula is C13H24ClN3O2S. The molecule has 1 heterocycles. The molecule has 1 aromatic rings. The van der Waals surface area contributed by atoms with Crippen LogP contribution in [-0.4, -0.2) is 23.2 Å². The average Bonchev–Trinajstić information content (AvgIpc) is 2.72. The van der Waals surface area contributed by atoms with Crippen LogP contribution in [0.5, 0.6) is 0 Å². The zero-order valence-corrected chi connectivity index (χ0v) is 14.4. The Hall–Kier alpha value is -0.620. The molecule has 0 aromatic carbocycles. The van der Waals surface area contributed by atoms with Gasteiger partial charge in [0.05, 0.1) is 0 Å². The van der Waals surface area contributed by atoms with Gasteiger partial charge in [-0.2, -0.15) is 0 Å². The molecule has 0 saturated heterocycles. The molecule has 0 aliphatic heterocycles. The Morgan fingerprint density at radius 1 is 1.15 bits per heavy atom. The average molecular weight is 322 g/mol. The standard InChI is InChI=1S/C13H24ClN3O2S/c1-6-8-10(9-7-2)11-15-16-12(20(14,18)19)17(11)13(3,4)5/h10H,6-9H2,1-5H3. The van der Waals surface area contributed by atoms with Crippen LogP contribution in [0.3, 0.4) is 0 Å². The summed E-state index contributed by atoms with van der Waals surface area (Å²) in [5.74, 6) is 0.935. The van der Waals surface area contributed by atoms with E-state index in [9.17, 15) is 8.42 Å². The molecule has 0 radical (unpaired) electrons. The van der Waals surface area contributed by atoms with Gasteiger partial charge in [-0.05, 0) is 33.6 Å². The molecule has 7 heteroatoms. The van der Waals surface area contributed by atoms with Crippen molar-refractivity contribution in [2.45, 2.75) is 76.9 Å². The largest absolute Gasteiger partial charge is 0.296 e. The molecule has 116 valence electrons. The molecule has 5 nitrogen and oxygen atoms in total. The molecule has 0 aliphatic carbocycles. The Morgan fingerprint density at radius 2 is 1.65 bits per heavy atom. The van der Waals surface area contributed by atoms with Gasteiger partial charge >= 0.3 is 0 Å². The molecular weight excluding hydrogens is 298 g/mol. The highest BCUT2D eigenvalue weighted by Crippen LogP contribution is 2.31. The Labute approximate surface area is 126 Å². The van der Waals surface area contributed by atoms with Crippen molar-refractivity contribution in [3.8, 4) is 0 Å². The minimum atomic E-state index is -3.90. The molecule has 0 saturated carbocycles. The number of halogens is 1.